The summed E-state index contributed by atoms with van der Waals surface area (Å²) >= 11 is 7.32. The third-order valence-electron chi connectivity index (χ3n) is 5.76. The van der Waals surface area contributed by atoms with Crippen LogP contribution in [0.25, 0.3) is 11.1 Å². The molecule has 138 valence electrons. The summed E-state index contributed by atoms with van der Waals surface area (Å²) in [6.45, 7) is 7.86. The molecule has 4 rings (SSSR count). The lowest BCUT2D eigenvalue weighted by Gasteiger charge is -2.37. The van der Waals surface area contributed by atoms with Crippen molar-refractivity contribution in [3.05, 3.63) is 56.5 Å². The molecule has 26 heavy (non-hydrogen) atoms. The van der Waals surface area contributed by atoms with Crippen molar-refractivity contribution in [3.63, 3.8) is 0 Å². The standard InChI is InChI=1S/C22H24Br2O2/c1-21(13-26-14-21)12-25-9-3-8-22(2)19-10-15(23)4-6-17(19)18-7-5-16(24)11-20(18)22/h4-7,10-11H,3,8-9,12-14H2,1-2H3. The molecule has 0 unspecified atom stereocenters. The highest BCUT2D eigenvalue weighted by Gasteiger charge is 2.39. The number of fused-ring (bicyclic) bond motifs is 3. The van der Waals surface area contributed by atoms with E-state index in [4.69, 9.17) is 9.47 Å². The third-order valence-corrected chi connectivity index (χ3v) is 6.75. The van der Waals surface area contributed by atoms with Crippen LogP contribution in [0.1, 0.15) is 37.8 Å². The fraction of sp³-hybridized carbons (Fsp3) is 0.455. The normalized spacial score (nSPS) is 18.9. The van der Waals surface area contributed by atoms with E-state index < -0.39 is 0 Å². The molecular weight excluding hydrogens is 456 g/mol. The molecule has 4 heteroatoms. The summed E-state index contributed by atoms with van der Waals surface area (Å²) in [7, 11) is 0. The van der Waals surface area contributed by atoms with Crippen LogP contribution < -0.4 is 0 Å². The van der Waals surface area contributed by atoms with Gasteiger partial charge >= 0.3 is 0 Å². The topological polar surface area (TPSA) is 18.5 Å². The van der Waals surface area contributed by atoms with Gasteiger partial charge < -0.3 is 9.47 Å². The first-order valence-electron chi connectivity index (χ1n) is 9.17. The van der Waals surface area contributed by atoms with Crippen molar-refractivity contribution >= 4 is 31.9 Å². The molecule has 2 aromatic rings. The molecule has 0 bridgehead atoms. The number of hydrogen-bond acceptors (Lipinski definition) is 2. The van der Waals surface area contributed by atoms with E-state index >= 15 is 0 Å². The first kappa shape index (κ1) is 18.7. The Labute approximate surface area is 172 Å². The van der Waals surface area contributed by atoms with Gasteiger partial charge in [-0.15, -0.1) is 0 Å². The van der Waals surface area contributed by atoms with Gasteiger partial charge in [-0.3, -0.25) is 0 Å². The quantitative estimate of drug-likeness (QED) is 0.450. The number of halogens is 2. The van der Waals surface area contributed by atoms with Gasteiger partial charge in [0.25, 0.3) is 0 Å². The predicted octanol–water partition coefficient (Wildman–Crippen LogP) is 6.33. The minimum atomic E-state index is 0.0189. The number of ether oxygens (including phenoxy) is 2. The van der Waals surface area contributed by atoms with Crippen LogP contribution in [0.15, 0.2) is 45.3 Å². The van der Waals surface area contributed by atoms with Crippen molar-refractivity contribution in [2.24, 2.45) is 5.41 Å². The number of benzene rings is 2. The first-order chi connectivity index (χ1) is 12.4. The highest BCUT2D eigenvalue weighted by Crippen LogP contribution is 2.52. The van der Waals surface area contributed by atoms with E-state index in [2.05, 4.69) is 82.1 Å². The van der Waals surface area contributed by atoms with E-state index in [0.29, 0.717) is 0 Å². The Morgan fingerprint density at radius 2 is 1.54 bits per heavy atom. The average molecular weight is 480 g/mol. The van der Waals surface area contributed by atoms with Crippen LogP contribution in [0.3, 0.4) is 0 Å². The lowest BCUT2D eigenvalue weighted by molar-refractivity contribution is -0.138. The zero-order valence-electron chi connectivity index (χ0n) is 15.3. The highest BCUT2D eigenvalue weighted by molar-refractivity contribution is 9.10. The molecule has 1 saturated heterocycles. The lowest BCUT2D eigenvalue weighted by Crippen LogP contribution is -2.43. The molecule has 1 fully saturated rings. The van der Waals surface area contributed by atoms with Crippen LogP contribution in [-0.4, -0.2) is 26.4 Å². The molecule has 0 radical (unpaired) electrons. The van der Waals surface area contributed by atoms with Crippen LogP contribution >= 0.6 is 31.9 Å². The number of hydrogen-bond donors (Lipinski definition) is 0. The molecule has 2 nitrogen and oxygen atoms in total. The summed E-state index contributed by atoms with van der Waals surface area (Å²) < 4.78 is 13.6. The molecular formula is C22H24Br2O2. The molecule has 0 amide bonds. The maximum atomic E-state index is 5.97. The molecule has 1 aliphatic heterocycles. The molecule has 1 aliphatic carbocycles. The second-order valence-corrected chi connectivity index (χ2v) is 10.0. The van der Waals surface area contributed by atoms with Gasteiger partial charge in [0.2, 0.25) is 0 Å². The maximum absolute atomic E-state index is 5.97. The predicted molar refractivity (Wildman–Crippen MR) is 113 cm³/mol. The lowest BCUT2D eigenvalue weighted by atomic mass is 9.76. The van der Waals surface area contributed by atoms with Crippen molar-refractivity contribution in [2.45, 2.75) is 32.1 Å². The van der Waals surface area contributed by atoms with Gasteiger partial charge in [0.1, 0.15) is 0 Å². The summed E-state index contributed by atoms with van der Waals surface area (Å²) in [5.74, 6) is 0. The van der Waals surface area contributed by atoms with Crippen molar-refractivity contribution in [3.8, 4) is 11.1 Å². The van der Waals surface area contributed by atoms with Gasteiger partial charge in [-0.25, -0.2) is 0 Å². The Bertz CT molecular complexity index is 775. The zero-order valence-corrected chi connectivity index (χ0v) is 18.5. The van der Waals surface area contributed by atoms with E-state index in [1.165, 1.54) is 22.3 Å². The Balaban J connectivity index is 1.52. The van der Waals surface area contributed by atoms with Crippen LogP contribution in [0.2, 0.25) is 0 Å². The van der Waals surface area contributed by atoms with Gasteiger partial charge in [-0.2, -0.15) is 0 Å². The molecule has 0 saturated carbocycles. The monoisotopic (exact) mass is 478 g/mol. The molecule has 2 aromatic carbocycles. The van der Waals surface area contributed by atoms with Crippen LogP contribution in [0.5, 0.6) is 0 Å². The first-order valence-corrected chi connectivity index (χ1v) is 10.8. The van der Waals surface area contributed by atoms with E-state index in [1.54, 1.807) is 0 Å². The van der Waals surface area contributed by atoms with Crippen LogP contribution in [-0.2, 0) is 14.9 Å². The van der Waals surface area contributed by atoms with Gasteiger partial charge in [-0.1, -0.05) is 57.8 Å². The summed E-state index contributed by atoms with van der Waals surface area (Å²) in [4.78, 5) is 0. The Kier molecular flexibility index (Phi) is 5.06. The summed E-state index contributed by atoms with van der Waals surface area (Å²) in [5.41, 5.74) is 5.80. The fourth-order valence-electron chi connectivity index (χ4n) is 4.21. The Hall–Kier alpha value is -0.680. The van der Waals surface area contributed by atoms with E-state index in [-0.39, 0.29) is 10.8 Å². The molecule has 0 atom stereocenters. The minimum Gasteiger partial charge on any atom is -0.381 e. The van der Waals surface area contributed by atoms with Crippen molar-refractivity contribution in [1.29, 1.82) is 0 Å². The second kappa shape index (κ2) is 7.05. The highest BCUT2D eigenvalue weighted by atomic mass is 79.9. The van der Waals surface area contributed by atoms with E-state index in [1.807, 2.05) is 0 Å². The summed E-state index contributed by atoms with van der Waals surface area (Å²) in [6.07, 6.45) is 2.12. The Morgan fingerprint density at radius 1 is 0.962 bits per heavy atom. The third kappa shape index (κ3) is 3.30. The van der Waals surface area contributed by atoms with Crippen molar-refractivity contribution in [2.75, 3.05) is 26.4 Å². The van der Waals surface area contributed by atoms with Crippen LogP contribution in [0.4, 0.5) is 0 Å². The van der Waals surface area contributed by atoms with E-state index in [0.717, 1.165) is 48.2 Å². The number of rotatable bonds is 6. The van der Waals surface area contributed by atoms with Gasteiger partial charge in [-0.05, 0) is 59.4 Å². The molecule has 0 aromatic heterocycles. The van der Waals surface area contributed by atoms with Crippen molar-refractivity contribution < 1.29 is 9.47 Å². The minimum absolute atomic E-state index is 0.0189. The van der Waals surface area contributed by atoms with Crippen LogP contribution in [0, 0.1) is 5.41 Å². The van der Waals surface area contributed by atoms with Crippen molar-refractivity contribution in [1.82, 2.24) is 0 Å². The molecule has 2 aliphatic rings. The second-order valence-electron chi connectivity index (χ2n) is 8.17. The van der Waals surface area contributed by atoms with Gasteiger partial charge in [0, 0.05) is 26.4 Å². The molecule has 1 heterocycles. The smallest absolute Gasteiger partial charge is 0.0564 e. The SMILES string of the molecule is CC1(COCCCC2(C)c3cc(Br)ccc3-c3ccc(Br)cc32)COC1. The zero-order chi connectivity index (χ0) is 18.4. The fourth-order valence-corrected chi connectivity index (χ4v) is 4.93. The average Bonchev–Trinajstić information content (AvgIpc) is 2.82. The molecule has 0 N–H and O–H groups in total. The van der Waals surface area contributed by atoms with E-state index in [9.17, 15) is 0 Å². The largest absolute Gasteiger partial charge is 0.381 e. The molecule has 0 spiro atoms. The summed E-state index contributed by atoms with van der Waals surface area (Å²) in [5, 5.41) is 0. The van der Waals surface area contributed by atoms with Gasteiger partial charge in [0.05, 0.1) is 19.8 Å². The Morgan fingerprint density at radius 3 is 2.04 bits per heavy atom. The summed E-state index contributed by atoms with van der Waals surface area (Å²) in [6, 6.07) is 13.3. The van der Waals surface area contributed by atoms with Gasteiger partial charge in [0.15, 0.2) is 0 Å². The maximum Gasteiger partial charge on any atom is 0.0564 e.